The second-order valence-electron chi connectivity index (χ2n) is 11.0. The van der Waals surface area contributed by atoms with Crippen LogP contribution >= 0.6 is 0 Å². The van der Waals surface area contributed by atoms with Gasteiger partial charge in [0.15, 0.2) is 0 Å². The highest BCUT2D eigenvalue weighted by molar-refractivity contribution is 6.11. The molecule has 0 N–H and O–H groups in total. The van der Waals surface area contributed by atoms with Crippen molar-refractivity contribution in [1.82, 2.24) is 0 Å². The van der Waals surface area contributed by atoms with E-state index in [2.05, 4.69) is 47.6 Å². The molecule has 4 aromatic carbocycles. The van der Waals surface area contributed by atoms with Crippen LogP contribution in [0.25, 0.3) is 21.9 Å². The zero-order valence-electron chi connectivity index (χ0n) is 21.7. The van der Waals surface area contributed by atoms with Crippen LogP contribution in [0.15, 0.2) is 78.9 Å². The minimum atomic E-state index is -0.359. The van der Waals surface area contributed by atoms with Gasteiger partial charge < -0.3 is 9.47 Å². The Labute approximate surface area is 208 Å². The average Bonchev–Trinajstić information content (AvgIpc) is 2.82. The maximum absolute atomic E-state index is 14.1. The van der Waals surface area contributed by atoms with E-state index in [1.807, 2.05) is 72.8 Å². The first kappa shape index (κ1) is 24.5. The van der Waals surface area contributed by atoms with Gasteiger partial charge in [0.25, 0.3) is 0 Å². The largest absolute Gasteiger partial charge is 0.497 e. The summed E-state index contributed by atoms with van der Waals surface area (Å²) >= 11 is 0. The van der Waals surface area contributed by atoms with Gasteiger partial charge in [-0.1, -0.05) is 108 Å². The third kappa shape index (κ3) is 4.95. The Morgan fingerprint density at radius 1 is 0.714 bits per heavy atom. The fraction of sp³-hybridized carbons (Fsp3) is 0.281. The van der Waals surface area contributed by atoms with Crippen molar-refractivity contribution >= 4 is 16.7 Å². The number of carbonyl (C=O) groups is 1. The van der Waals surface area contributed by atoms with Crippen LogP contribution in [0, 0.1) is 0 Å². The summed E-state index contributed by atoms with van der Waals surface area (Å²) in [4.78, 5) is 14.1. The third-order valence-corrected chi connectivity index (χ3v) is 6.33. The van der Waals surface area contributed by atoms with Crippen molar-refractivity contribution in [3.8, 4) is 22.6 Å². The Kier molecular flexibility index (Phi) is 6.46. The van der Waals surface area contributed by atoms with Crippen molar-refractivity contribution in [1.29, 1.82) is 0 Å². The van der Waals surface area contributed by atoms with Crippen LogP contribution in [-0.4, -0.2) is 13.1 Å². The molecule has 0 heterocycles. The van der Waals surface area contributed by atoms with E-state index in [-0.39, 0.29) is 16.8 Å². The highest BCUT2D eigenvalue weighted by Crippen LogP contribution is 2.43. The summed E-state index contributed by atoms with van der Waals surface area (Å²) in [6.07, 6.45) is 0. The Bertz CT molecular complexity index is 1330. The average molecular weight is 467 g/mol. The molecule has 0 saturated carbocycles. The van der Waals surface area contributed by atoms with Crippen LogP contribution in [0.2, 0.25) is 0 Å². The minimum Gasteiger partial charge on any atom is -0.497 e. The van der Waals surface area contributed by atoms with E-state index in [0.29, 0.717) is 11.3 Å². The number of hydrogen-bond donors (Lipinski definition) is 0. The predicted molar refractivity (Wildman–Crippen MR) is 145 cm³/mol. The zero-order chi connectivity index (χ0) is 25.4. The quantitative estimate of drug-likeness (QED) is 0.224. The number of ether oxygens (including phenoxy) is 2. The van der Waals surface area contributed by atoms with Gasteiger partial charge in [0.05, 0.1) is 12.7 Å². The molecule has 0 spiro atoms. The molecule has 4 aromatic rings. The number of benzene rings is 4. The first-order valence-corrected chi connectivity index (χ1v) is 12.0. The van der Waals surface area contributed by atoms with Gasteiger partial charge in [-0.05, 0) is 44.9 Å². The summed E-state index contributed by atoms with van der Waals surface area (Å²) < 4.78 is 12.0. The summed E-state index contributed by atoms with van der Waals surface area (Å²) in [6, 6.07) is 26.0. The van der Waals surface area contributed by atoms with E-state index < -0.39 is 0 Å². The molecule has 0 aliphatic rings. The fourth-order valence-electron chi connectivity index (χ4n) is 4.44. The van der Waals surface area contributed by atoms with Gasteiger partial charge in [-0.25, -0.2) is 4.79 Å². The summed E-state index contributed by atoms with van der Waals surface area (Å²) in [6.45, 7) is 12.7. The molecule has 0 amide bonds. The molecule has 35 heavy (non-hydrogen) atoms. The Morgan fingerprint density at radius 3 is 1.86 bits per heavy atom. The Morgan fingerprint density at radius 2 is 1.29 bits per heavy atom. The Hall–Kier alpha value is -3.59. The van der Waals surface area contributed by atoms with Crippen LogP contribution in [0.3, 0.4) is 0 Å². The number of methoxy groups -OCH3 is 1. The van der Waals surface area contributed by atoms with Crippen LogP contribution in [-0.2, 0) is 10.8 Å². The highest BCUT2D eigenvalue weighted by Gasteiger charge is 2.31. The number of esters is 1. The number of fused-ring (bicyclic) bond motifs is 1. The van der Waals surface area contributed by atoms with Crippen molar-refractivity contribution in [2.24, 2.45) is 0 Å². The van der Waals surface area contributed by atoms with Crippen molar-refractivity contribution in [2.45, 2.75) is 52.4 Å². The molecule has 0 aliphatic carbocycles. The number of rotatable bonds is 4. The predicted octanol–water partition coefficient (Wildman–Crippen LogP) is 8.33. The van der Waals surface area contributed by atoms with E-state index in [1.54, 1.807) is 7.11 Å². The molecule has 0 atom stereocenters. The van der Waals surface area contributed by atoms with Gasteiger partial charge in [-0.3, -0.25) is 0 Å². The highest BCUT2D eigenvalue weighted by atomic mass is 16.5. The van der Waals surface area contributed by atoms with Crippen molar-refractivity contribution in [3.63, 3.8) is 0 Å². The van der Waals surface area contributed by atoms with Gasteiger partial charge in [-0.15, -0.1) is 0 Å². The lowest BCUT2D eigenvalue weighted by Crippen LogP contribution is -2.22. The third-order valence-electron chi connectivity index (χ3n) is 6.33. The topological polar surface area (TPSA) is 35.5 Å². The summed E-state index contributed by atoms with van der Waals surface area (Å²) in [5.41, 5.74) is 3.78. The SMILES string of the molecule is COc1cc(C(C)(C)C)c(OC(=O)c2c(-c3ccccc3)ccc3ccccc23)c(C(C)(C)C)c1. The summed E-state index contributed by atoms with van der Waals surface area (Å²) in [5.74, 6) is 1.01. The van der Waals surface area contributed by atoms with Crippen molar-refractivity contribution in [2.75, 3.05) is 7.11 Å². The van der Waals surface area contributed by atoms with Gasteiger partial charge in [0.2, 0.25) is 0 Å². The molecule has 180 valence electrons. The van der Waals surface area contributed by atoms with Crippen LogP contribution in [0.4, 0.5) is 0 Å². The standard InChI is InChI=1S/C32H34O3/c1-31(2,3)26-19-23(34-7)20-27(32(4,5)6)29(26)35-30(33)28-24-16-12-11-15-22(24)17-18-25(28)21-13-9-8-10-14-21/h8-20H,1-7H3. The van der Waals surface area contributed by atoms with Gasteiger partial charge in [0.1, 0.15) is 11.5 Å². The molecular formula is C32H34O3. The first-order chi connectivity index (χ1) is 16.5. The molecule has 3 nitrogen and oxygen atoms in total. The maximum atomic E-state index is 14.1. The maximum Gasteiger partial charge on any atom is 0.344 e. The van der Waals surface area contributed by atoms with Crippen molar-refractivity contribution < 1.29 is 14.3 Å². The lowest BCUT2D eigenvalue weighted by Gasteiger charge is -2.30. The molecule has 4 rings (SSSR count). The molecule has 0 aromatic heterocycles. The smallest absolute Gasteiger partial charge is 0.344 e. The lowest BCUT2D eigenvalue weighted by atomic mass is 9.79. The first-order valence-electron chi connectivity index (χ1n) is 12.0. The molecule has 0 fully saturated rings. The lowest BCUT2D eigenvalue weighted by molar-refractivity contribution is 0.0731. The normalized spacial score (nSPS) is 12.0. The van der Waals surface area contributed by atoms with Crippen LogP contribution < -0.4 is 9.47 Å². The van der Waals surface area contributed by atoms with Crippen LogP contribution in [0.1, 0.15) is 63.0 Å². The number of hydrogen-bond acceptors (Lipinski definition) is 3. The van der Waals surface area contributed by atoms with Gasteiger partial charge in [-0.2, -0.15) is 0 Å². The van der Waals surface area contributed by atoms with E-state index >= 15 is 0 Å². The van der Waals surface area contributed by atoms with Crippen LogP contribution in [0.5, 0.6) is 11.5 Å². The molecule has 0 bridgehead atoms. The molecule has 0 saturated heterocycles. The van der Waals surface area contributed by atoms with E-state index in [4.69, 9.17) is 9.47 Å². The van der Waals surface area contributed by atoms with E-state index in [1.165, 1.54) is 0 Å². The molecule has 0 unspecified atom stereocenters. The van der Waals surface area contributed by atoms with Gasteiger partial charge in [0, 0.05) is 11.1 Å². The van der Waals surface area contributed by atoms with Gasteiger partial charge >= 0.3 is 5.97 Å². The Balaban J connectivity index is 1.96. The second-order valence-corrected chi connectivity index (χ2v) is 11.0. The monoisotopic (exact) mass is 466 g/mol. The molecule has 3 heteroatoms. The summed E-state index contributed by atoms with van der Waals surface area (Å²) in [7, 11) is 1.67. The molecular weight excluding hydrogens is 432 g/mol. The second kappa shape index (κ2) is 9.22. The zero-order valence-corrected chi connectivity index (χ0v) is 21.7. The molecule has 0 radical (unpaired) electrons. The van der Waals surface area contributed by atoms with Crippen molar-refractivity contribution in [3.05, 3.63) is 95.6 Å². The summed E-state index contributed by atoms with van der Waals surface area (Å²) in [5, 5.41) is 1.88. The number of carbonyl (C=O) groups excluding carboxylic acids is 1. The molecule has 0 aliphatic heterocycles. The fourth-order valence-corrected chi connectivity index (χ4v) is 4.44. The van der Waals surface area contributed by atoms with E-state index in [9.17, 15) is 4.79 Å². The minimum absolute atomic E-state index is 0.259. The van der Waals surface area contributed by atoms with E-state index in [0.717, 1.165) is 38.8 Å².